The molecule has 21 heavy (non-hydrogen) atoms. The van der Waals surface area contributed by atoms with Gasteiger partial charge < -0.3 is 15.7 Å². The molecule has 1 saturated heterocycles. The lowest BCUT2D eigenvalue weighted by Gasteiger charge is -2.31. The lowest BCUT2D eigenvalue weighted by Crippen LogP contribution is -2.48. The SMILES string of the molecule is CC1CN(C)CCCN1CC(O)C(N)Cc1ccccc1. The third-order valence-electron chi connectivity index (χ3n) is 4.41. The lowest BCUT2D eigenvalue weighted by molar-refractivity contribution is 0.0741. The molecular formula is C17H29N3O. The second-order valence-corrected chi connectivity index (χ2v) is 6.38. The van der Waals surface area contributed by atoms with Crippen LogP contribution in [0.25, 0.3) is 0 Å². The molecule has 1 aromatic carbocycles. The van der Waals surface area contributed by atoms with Gasteiger partial charge >= 0.3 is 0 Å². The van der Waals surface area contributed by atoms with Crippen molar-refractivity contribution < 1.29 is 5.11 Å². The molecule has 4 nitrogen and oxygen atoms in total. The Morgan fingerprint density at radius 3 is 2.71 bits per heavy atom. The summed E-state index contributed by atoms with van der Waals surface area (Å²) in [7, 11) is 2.16. The Kier molecular flexibility index (Phi) is 6.18. The summed E-state index contributed by atoms with van der Waals surface area (Å²) < 4.78 is 0. The van der Waals surface area contributed by atoms with Crippen LogP contribution in [0.1, 0.15) is 18.9 Å². The average molecular weight is 291 g/mol. The average Bonchev–Trinajstić information content (AvgIpc) is 2.61. The number of rotatable bonds is 5. The van der Waals surface area contributed by atoms with Crippen molar-refractivity contribution in [2.45, 2.75) is 38.0 Å². The van der Waals surface area contributed by atoms with Crippen molar-refractivity contribution >= 4 is 0 Å². The Balaban J connectivity index is 1.86. The van der Waals surface area contributed by atoms with Gasteiger partial charge in [0.2, 0.25) is 0 Å². The van der Waals surface area contributed by atoms with Crippen LogP contribution in [0.2, 0.25) is 0 Å². The minimum Gasteiger partial charge on any atom is -0.390 e. The first kappa shape index (κ1) is 16.4. The Labute approximate surface area is 128 Å². The molecule has 3 unspecified atom stereocenters. The topological polar surface area (TPSA) is 52.7 Å². The summed E-state index contributed by atoms with van der Waals surface area (Å²) in [6.07, 6.45) is 1.40. The third-order valence-corrected chi connectivity index (χ3v) is 4.41. The van der Waals surface area contributed by atoms with Crippen LogP contribution in [0.4, 0.5) is 0 Å². The number of nitrogens with two attached hydrogens (primary N) is 1. The molecule has 0 aromatic heterocycles. The van der Waals surface area contributed by atoms with Gasteiger partial charge in [0.25, 0.3) is 0 Å². The third kappa shape index (κ3) is 5.08. The summed E-state index contributed by atoms with van der Waals surface area (Å²) in [4.78, 5) is 4.74. The minimum atomic E-state index is -0.476. The first-order valence-corrected chi connectivity index (χ1v) is 7.96. The molecule has 0 saturated carbocycles. The predicted octanol–water partition coefficient (Wildman–Crippen LogP) is 0.943. The van der Waals surface area contributed by atoms with Gasteiger partial charge in [-0.25, -0.2) is 0 Å². The van der Waals surface area contributed by atoms with Gasteiger partial charge in [0.05, 0.1) is 6.10 Å². The summed E-state index contributed by atoms with van der Waals surface area (Å²) in [5, 5.41) is 10.4. The van der Waals surface area contributed by atoms with Gasteiger partial charge in [0, 0.05) is 25.2 Å². The monoisotopic (exact) mass is 291 g/mol. The molecule has 1 fully saturated rings. The molecule has 1 aliphatic rings. The van der Waals surface area contributed by atoms with Crippen LogP contribution in [0.15, 0.2) is 30.3 Å². The van der Waals surface area contributed by atoms with E-state index in [1.54, 1.807) is 0 Å². The predicted molar refractivity (Wildman–Crippen MR) is 87.3 cm³/mol. The number of nitrogens with zero attached hydrogens (tertiary/aromatic N) is 2. The van der Waals surface area contributed by atoms with Crippen molar-refractivity contribution in [2.24, 2.45) is 5.73 Å². The summed E-state index contributed by atoms with van der Waals surface area (Å²) in [6.45, 7) is 6.13. The van der Waals surface area contributed by atoms with Gasteiger partial charge in [-0.3, -0.25) is 4.90 Å². The smallest absolute Gasteiger partial charge is 0.0821 e. The van der Waals surface area contributed by atoms with E-state index in [1.807, 2.05) is 18.2 Å². The molecule has 1 aromatic rings. The molecule has 3 N–H and O–H groups in total. The van der Waals surface area contributed by atoms with Crippen molar-refractivity contribution in [3.8, 4) is 0 Å². The number of benzene rings is 1. The number of likely N-dealkylation sites (N-methyl/N-ethyl adjacent to an activating group) is 1. The van der Waals surface area contributed by atoms with Crippen molar-refractivity contribution in [1.82, 2.24) is 9.80 Å². The molecule has 0 radical (unpaired) electrons. The molecule has 4 heteroatoms. The highest BCUT2D eigenvalue weighted by Gasteiger charge is 2.24. The van der Waals surface area contributed by atoms with E-state index >= 15 is 0 Å². The quantitative estimate of drug-likeness (QED) is 0.848. The largest absolute Gasteiger partial charge is 0.390 e. The highest BCUT2D eigenvalue weighted by atomic mass is 16.3. The second kappa shape index (κ2) is 7.90. The molecule has 1 aliphatic heterocycles. The van der Waals surface area contributed by atoms with Gasteiger partial charge in [-0.1, -0.05) is 30.3 Å². The Morgan fingerprint density at radius 1 is 1.29 bits per heavy atom. The molecular weight excluding hydrogens is 262 g/mol. The first-order valence-electron chi connectivity index (χ1n) is 7.96. The standard InChI is InChI=1S/C17H29N3O/c1-14-12-19(2)9-6-10-20(14)13-17(21)16(18)11-15-7-4-3-5-8-15/h3-5,7-8,14,16-17,21H,6,9-13,18H2,1-2H3. The van der Waals surface area contributed by atoms with Crippen LogP contribution in [0.5, 0.6) is 0 Å². The van der Waals surface area contributed by atoms with Crippen LogP contribution < -0.4 is 5.73 Å². The van der Waals surface area contributed by atoms with E-state index in [1.165, 1.54) is 5.56 Å². The van der Waals surface area contributed by atoms with Crippen molar-refractivity contribution in [1.29, 1.82) is 0 Å². The summed E-state index contributed by atoms with van der Waals surface area (Å²) in [5.74, 6) is 0. The number of aliphatic hydroxyl groups is 1. The van der Waals surface area contributed by atoms with Crippen LogP contribution in [0, 0.1) is 0 Å². The van der Waals surface area contributed by atoms with E-state index in [4.69, 9.17) is 5.73 Å². The fourth-order valence-electron chi connectivity index (χ4n) is 3.09. The number of β-amino-alcohol motifs (C(OH)–C–C–N with tert-alkyl or cyclic N) is 1. The van der Waals surface area contributed by atoms with Crippen LogP contribution in [0.3, 0.4) is 0 Å². The fraction of sp³-hybridized carbons (Fsp3) is 0.647. The van der Waals surface area contributed by atoms with E-state index in [0.29, 0.717) is 12.6 Å². The number of hydrogen-bond acceptors (Lipinski definition) is 4. The lowest BCUT2D eigenvalue weighted by atomic mass is 10.0. The van der Waals surface area contributed by atoms with E-state index < -0.39 is 6.10 Å². The van der Waals surface area contributed by atoms with Gasteiger partial charge in [-0.05, 0) is 45.5 Å². The zero-order valence-electron chi connectivity index (χ0n) is 13.3. The van der Waals surface area contributed by atoms with Crippen molar-refractivity contribution in [3.05, 3.63) is 35.9 Å². The maximum Gasteiger partial charge on any atom is 0.0821 e. The summed E-state index contributed by atoms with van der Waals surface area (Å²) in [5.41, 5.74) is 7.38. The number of hydrogen-bond donors (Lipinski definition) is 2. The molecule has 3 atom stereocenters. The van der Waals surface area contributed by atoms with Crippen LogP contribution >= 0.6 is 0 Å². The van der Waals surface area contributed by atoms with Gasteiger partial charge in [0.1, 0.15) is 0 Å². The van der Waals surface area contributed by atoms with Gasteiger partial charge in [-0.2, -0.15) is 0 Å². The van der Waals surface area contributed by atoms with Crippen LogP contribution in [-0.2, 0) is 6.42 Å². The minimum absolute atomic E-state index is 0.208. The second-order valence-electron chi connectivity index (χ2n) is 6.38. The van der Waals surface area contributed by atoms with Crippen molar-refractivity contribution in [2.75, 3.05) is 33.2 Å². The van der Waals surface area contributed by atoms with Crippen molar-refractivity contribution in [3.63, 3.8) is 0 Å². The maximum atomic E-state index is 10.4. The van der Waals surface area contributed by atoms with E-state index in [-0.39, 0.29) is 6.04 Å². The van der Waals surface area contributed by atoms with Gasteiger partial charge in [0.15, 0.2) is 0 Å². The molecule has 118 valence electrons. The maximum absolute atomic E-state index is 10.4. The van der Waals surface area contributed by atoms with E-state index in [2.05, 4.69) is 35.9 Å². The zero-order valence-corrected chi connectivity index (χ0v) is 13.3. The Hall–Kier alpha value is -0.940. The summed E-state index contributed by atoms with van der Waals surface area (Å²) in [6, 6.07) is 10.4. The Morgan fingerprint density at radius 2 is 2.00 bits per heavy atom. The molecule has 0 amide bonds. The molecule has 0 bridgehead atoms. The molecule has 0 spiro atoms. The molecule has 1 heterocycles. The highest BCUT2D eigenvalue weighted by molar-refractivity contribution is 5.16. The van der Waals surface area contributed by atoms with E-state index in [0.717, 1.165) is 32.5 Å². The molecule has 0 aliphatic carbocycles. The first-order chi connectivity index (χ1) is 10.1. The molecule has 2 rings (SSSR count). The fourth-order valence-corrected chi connectivity index (χ4v) is 3.09. The van der Waals surface area contributed by atoms with Gasteiger partial charge in [-0.15, -0.1) is 0 Å². The highest BCUT2D eigenvalue weighted by Crippen LogP contribution is 2.11. The number of aliphatic hydroxyl groups excluding tert-OH is 1. The van der Waals surface area contributed by atoms with Crippen LogP contribution in [-0.4, -0.2) is 66.3 Å². The normalized spacial score (nSPS) is 24.5. The van der Waals surface area contributed by atoms with E-state index in [9.17, 15) is 5.11 Å². The zero-order chi connectivity index (χ0) is 15.2. The summed E-state index contributed by atoms with van der Waals surface area (Å²) >= 11 is 0. The Bertz CT molecular complexity index is 412.